The van der Waals surface area contributed by atoms with Gasteiger partial charge in [-0.05, 0) is 66.0 Å². The normalized spacial score (nSPS) is 17.9. The molecule has 174 valence electrons. The molecular formula is C27H32IN3O2. The molecule has 2 heterocycles. The number of H-pyrrole nitrogens is 1. The largest absolute Gasteiger partial charge is 0.485 e. The number of nitrogens with zero attached hydrogens (tertiary/aromatic N) is 2. The lowest BCUT2D eigenvalue weighted by Crippen LogP contribution is -2.36. The second-order valence-corrected chi connectivity index (χ2v) is 10.4. The standard InChI is InChI=1S/C27H32IN3O2/c1-17(2)18(3)27(32)31-14-8-11-24(31)26-29-16-23(30-26)21-12-13-22(28)25(15-21)33-19(4)20-9-6-5-7-10-20/h5-7,9-10,12-13,15-19,24H,8,11,14H2,1-4H3,(H,29,30)/t18-,19+,24-/m0/s1. The predicted octanol–water partition coefficient (Wildman–Crippen LogP) is 6.78. The average Bonchev–Trinajstić information content (AvgIpc) is 3.49. The molecule has 0 radical (unpaired) electrons. The lowest BCUT2D eigenvalue weighted by atomic mass is 9.96. The molecule has 0 unspecified atom stereocenters. The Morgan fingerprint density at radius 1 is 1.15 bits per heavy atom. The summed E-state index contributed by atoms with van der Waals surface area (Å²) in [6, 6.07) is 16.5. The lowest BCUT2D eigenvalue weighted by Gasteiger charge is -2.27. The van der Waals surface area contributed by atoms with Crippen LogP contribution in [0.15, 0.2) is 54.7 Å². The van der Waals surface area contributed by atoms with Crippen LogP contribution in [-0.2, 0) is 4.79 Å². The molecule has 33 heavy (non-hydrogen) atoms. The van der Waals surface area contributed by atoms with Crippen LogP contribution in [0.5, 0.6) is 5.75 Å². The van der Waals surface area contributed by atoms with E-state index < -0.39 is 0 Å². The summed E-state index contributed by atoms with van der Waals surface area (Å²) in [5.41, 5.74) is 3.11. The van der Waals surface area contributed by atoms with Gasteiger partial charge in [0.05, 0.1) is 21.5 Å². The molecule has 1 amide bonds. The third-order valence-corrected chi connectivity index (χ3v) is 7.54. The molecule has 3 aromatic rings. The van der Waals surface area contributed by atoms with Crippen LogP contribution in [0, 0.1) is 15.4 Å². The van der Waals surface area contributed by atoms with Crippen molar-refractivity contribution in [3.63, 3.8) is 0 Å². The van der Waals surface area contributed by atoms with Crippen LogP contribution in [0.1, 0.15) is 64.1 Å². The molecule has 2 aromatic carbocycles. The molecule has 0 spiro atoms. The van der Waals surface area contributed by atoms with Gasteiger partial charge in [-0.1, -0.05) is 57.2 Å². The maximum atomic E-state index is 13.0. The highest BCUT2D eigenvalue weighted by Gasteiger charge is 2.34. The van der Waals surface area contributed by atoms with Gasteiger partial charge in [0, 0.05) is 18.0 Å². The summed E-state index contributed by atoms with van der Waals surface area (Å²) in [5, 5.41) is 0. The molecule has 4 rings (SSSR count). The number of ether oxygens (including phenoxy) is 1. The number of carbonyl (C=O) groups excluding carboxylic acids is 1. The number of imidazole rings is 1. The molecular weight excluding hydrogens is 525 g/mol. The average molecular weight is 557 g/mol. The van der Waals surface area contributed by atoms with Crippen LogP contribution in [-0.4, -0.2) is 27.3 Å². The summed E-state index contributed by atoms with van der Waals surface area (Å²) < 4.78 is 7.37. The van der Waals surface area contributed by atoms with Crippen LogP contribution in [0.3, 0.4) is 0 Å². The van der Waals surface area contributed by atoms with E-state index in [9.17, 15) is 4.79 Å². The number of hydrogen-bond acceptors (Lipinski definition) is 3. The van der Waals surface area contributed by atoms with E-state index in [4.69, 9.17) is 4.74 Å². The Morgan fingerprint density at radius 3 is 2.64 bits per heavy atom. The number of aromatic nitrogens is 2. The van der Waals surface area contributed by atoms with Gasteiger partial charge in [0.1, 0.15) is 17.7 Å². The number of hydrogen-bond donors (Lipinski definition) is 1. The maximum absolute atomic E-state index is 13.0. The first-order valence-electron chi connectivity index (χ1n) is 11.7. The first-order valence-corrected chi connectivity index (χ1v) is 12.8. The van der Waals surface area contributed by atoms with Gasteiger partial charge in [-0.3, -0.25) is 4.79 Å². The zero-order valence-electron chi connectivity index (χ0n) is 19.7. The van der Waals surface area contributed by atoms with Gasteiger partial charge in [0.15, 0.2) is 0 Å². The molecule has 0 saturated carbocycles. The van der Waals surface area contributed by atoms with E-state index in [2.05, 4.69) is 83.7 Å². The van der Waals surface area contributed by atoms with E-state index in [1.54, 1.807) is 0 Å². The topological polar surface area (TPSA) is 58.2 Å². The monoisotopic (exact) mass is 557 g/mol. The zero-order chi connectivity index (χ0) is 23.5. The summed E-state index contributed by atoms with van der Waals surface area (Å²) in [7, 11) is 0. The summed E-state index contributed by atoms with van der Waals surface area (Å²) in [5.74, 6) is 2.29. The van der Waals surface area contributed by atoms with Gasteiger partial charge >= 0.3 is 0 Å². The van der Waals surface area contributed by atoms with Crippen molar-refractivity contribution in [2.45, 2.75) is 52.7 Å². The summed E-state index contributed by atoms with van der Waals surface area (Å²) in [6.07, 6.45) is 3.78. The molecule has 5 nitrogen and oxygen atoms in total. The van der Waals surface area contributed by atoms with Crippen molar-refractivity contribution in [3.8, 4) is 17.0 Å². The van der Waals surface area contributed by atoms with Crippen LogP contribution in [0.2, 0.25) is 0 Å². The number of nitrogens with one attached hydrogen (secondary N) is 1. The number of likely N-dealkylation sites (tertiary alicyclic amines) is 1. The fraction of sp³-hybridized carbons (Fsp3) is 0.407. The Bertz CT molecular complexity index is 1100. The first kappa shape index (κ1) is 23.8. The van der Waals surface area contributed by atoms with Gasteiger partial charge < -0.3 is 14.6 Å². The van der Waals surface area contributed by atoms with E-state index in [-0.39, 0.29) is 24.0 Å². The Kier molecular flexibility index (Phi) is 7.41. The van der Waals surface area contributed by atoms with Crippen molar-refractivity contribution in [2.75, 3.05) is 6.54 Å². The molecule has 0 bridgehead atoms. The minimum Gasteiger partial charge on any atom is -0.485 e. The van der Waals surface area contributed by atoms with E-state index >= 15 is 0 Å². The minimum absolute atomic E-state index is 0.0162. The van der Waals surface area contributed by atoms with E-state index in [0.29, 0.717) is 5.92 Å². The third kappa shape index (κ3) is 5.26. The highest BCUT2D eigenvalue weighted by atomic mass is 127. The van der Waals surface area contributed by atoms with Crippen LogP contribution >= 0.6 is 22.6 Å². The quantitative estimate of drug-likeness (QED) is 0.326. The molecule has 6 heteroatoms. The van der Waals surface area contributed by atoms with Crippen molar-refractivity contribution >= 4 is 28.5 Å². The van der Waals surface area contributed by atoms with Crippen LogP contribution in [0.4, 0.5) is 0 Å². The number of rotatable bonds is 7. The number of aromatic amines is 1. The van der Waals surface area contributed by atoms with E-state index in [1.807, 2.05) is 36.2 Å². The minimum atomic E-state index is -0.0479. The molecule has 0 aliphatic carbocycles. The van der Waals surface area contributed by atoms with Gasteiger partial charge in [0.25, 0.3) is 0 Å². The highest BCUT2D eigenvalue weighted by Crippen LogP contribution is 2.35. The molecule has 1 aliphatic rings. The van der Waals surface area contributed by atoms with Crippen molar-refractivity contribution in [3.05, 3.63) is 69.7 Å². The van der Waals surface area contributed by atoms with Gasteiger partial charge in [-0.2, -0.15) is 0 Å². The van der Waals surface area contributed by atoms with Crippen molar-refractivity contribution < 1.29 is 9.53 Å². The molecule has 3 atom stereocenters. The lowest BCUT2D eigenvalue weighted by molar-refractivity contribution is -0.137. The molecule has 1 N–H and O–H groups in total. The first-order chi connectivity index (χ1) is 15.8. The molecule has 1 fully saturated rings. The predicted molar refractivity (Wildman–Crippen MR) is 140 cm³/mol. The number of amides is 1. The van der Waals surface area contributed by atoms with Crippen LogP contribution in [0.25, 0.3) is 11.3 Å². The SMILES string of the molecule is CC(C)[C@H](C)C(=O)N1CCC[C@H]1c1ncc(-c2ccc(I)c(O[C@H](C)c3ccccc3)c2)[nH]1. The fourth-order valence-electron chi connectivity index (χ4n) is 4.26. The van der Waals surface area contributed by atoms with Crippen molar-refractivity contribution in [2.24, 2.45) is 11.8 Å². The maximum Gasteiger partial charge on any atom is 0.226 e. The third-order valence-electron chi connectivity index (χ3n) is 6.65. The summed E-state index contributed by atoms with van der Waals surface area (Å²) in [4.78, 5) is 23.2. The number of benzene rings is 2. The fourth-order valence-corrected chi connectivity index (χ4v) is 4.72. The van der Waals surface area contributed by atoms with Crippen molar-refractivity contribution in [1.82, 2.24) is 14.9 Å². The highest BCUT2D eigenvalue weighted by molar-refractivity contribution is 14.1. The smallest absolute Gasteiger partial charge is 0.226 e. The zero-order valence-corrected chi connectivity index (χ0v) is 21.9. The van der Waals surface area contributed by atoms with Gasteiger partial charge in [-0.25, -0.2) is 4.98 Å². The van der Waals surface area contributed by atoms with Crippen LogP contribution < -0.4 is 4.74 Å². The Hall–Kier alpha value is -2.35. The molecule has 1 aromatic heterocycles. The number of carbonyl (C=O) groups is 1. The van der Waals surface area contributed by atoms with Gasteiger partial charge in [0.2, 0.25) is 5.91 Å². The number of halogens is 1. The van der Waals surface area contributed by atoms with Crippen molar-refractivity contribution in [1.29, 1.82) is 0 Å². The molecule has 1 aliphatic heterocycles. The Morgan fingerprint density at radius 2 is 1.91 bits per heavy atom. The summed E-state index contributed by atoms with van der Waals surface area (Å²) >= 11 is 2.31. The van der Waals surface area contributed by atoms with E-state index in [0.717, 1.165) is 51.4 Å². The van der Waals surface area contributed by atoms with E-state index in [1.165, 1.54) is 0 Å². The summed E-state index contributed by atoms with van der Waals surface area (Å²) in [6.45, 7) is 9.10. The second-order valence-electron chi connectivity index (χ2n) is 9.22. The Labute approximate surface area is 210 Å². The van der Waals surface area contributed by atoms with Gasteiger partial charge in [-0.15, -0.1) is 0 Å². The molecule has 1 saturated heterocycles. The second kappa shape index (κ2) is 10.3. The Balaban J connectivity index is 1.54.